The molecule has 32 heavy (non-hydrogen) atoms. The third kappa shape index (κ3) is 3.98. The number of nitrogens with zero attached hydrogens (tertiary/aromatic N) is 3. The van der Waals surface area contributed by atoms with Gasteiger partial charge in [-0.1, -0.05) is 18.2 Å². The first-order valence-corrected chi connectivity index (χ1v) is 9.72. The largest absolute Gasteiger partial charge is 0.453 e. The molecule has 0 unspecified atom stereocenters. The van der Waals surface area contributed by atoms with Crippen molar-refractivity contribution in [2.24, 2.45) is 0 Å². The molecule has 0 radical (unpaired) electrons. The number of aliphatic hydroxyl groups excluding tert-OH is 1. The highest BCUT2D eigenvalue weighted by Crippen LogP contribution is 2.35. The molecule has 12 heteroatoms. The molecule has 0 spiro atoms. The first-order valence-electron chi connectivity index (χ1n) is 9.72. The minimum atomic E-state index is -0.947. The van der Waals surface area contributed by atoms with Gasteiger partial charge in [0.25, 0.3) is 5.56 Å². The molecule has 1 saturated heterocycles. The van der Waals surface area contributed by atoms with Crippen LogP contribution in [0.15, 0.2) is 41.5 Å². The van der Waals surface area contributed by atoms with E-state index in [1.807, 2.05) is 0 Å². The number of H-pyrrole nitrogens is 1. The van der Waals surface area contributed by atoms with Crippen molar-refractivity contribution >= 4 is 29.0 Å². The van der Waals surface area contributed by atoms with Crippen LogP contribution in [0.3, 0.4) is 0 Å². The summed E-state index contributed by atoms with van der Waals surface area (Å²) < 4.78 is 18.5. The molecule has 1 aliphatic heterocycles. The third-order valence-electron chi connectivity index (χ3n) is 4.99. The molecule has 1 amide bonds. The van der Waals surface area contributed by atoms with Crippen LogP contribution in [0.5, 0.6) is 0 Å². The molecule has 1 fully saturated rings. The predicted molar refractivity (Wildman–Crippen MR) is 110 cm³/mol. The van der Waals surface area contributed by atoms with Crippen molar-refractivity contribution in [2.75, 3.05) is 19.0 Å². The number of rotatable bonds is 6. The van der Waals surface area contributed by atoms with Gasteiger partial charge in [0.05, 0.1) is 18.5 Å². The first-order chi connectivity index (χ1) is 15.4. The number of hydrogen-bond acceptors (Lipinski definition) is 9. The van der Waals surface area contributed by atoms with Crippen LogP contribution in [0.2, 0.25) is 0 Å². The van der Waals surface area contributed by atoms with Crippen LogP contribution >= 0.6 is 0 Å². The number of carbonyl (C=O) groups excluding carboxylic acids is 2. The summed E-state index contributed by atoms with van der Waals surface area (Å²) in [7, 11) is 1.41. The molecule has 168 valence electrons. The molecular formula is C20H21N5O7. The quantitative estimate of drug-likeness (QED) is 0.453. The Labute approximate surface area is 181 Å². The van der Waals surface area contributed by atoms with Crippen LogP contribution in [-0.2, 0) is 19.0 Å². The highest BCUT2D eigenvalue weighted by molar-refractivity contribution is 5.89. The minimum absolute atomic E-state index is 0.0165. The van der Waals surface area contributed by atoms with Crippen molar-refractivity contribution in [2.45, 2.75) is 31.5 Å². The molecular weight excluding hydrogens is 422 g/mol. The summed E-state index contributed by atoms with van der Waals surface area (Å²) in [5, 5.41) is 12.2. The molecule has 3 aromatic rings. The summed E-state index contributed by atoms with van der Waals surface area (Å²) in [6.45, 7) is 0.834. The van der Waals surface area contributed by atoms with Gasteiger partial charge in [0.2, 0.25) is 11.9 Å². The predicted octanol–water partition coefficient (Wildman–Crippen LogP) is 0.208. The van der Waals surface area contributed by atoms with Gasteiger partial charge in [-0.2, -0.15) is 4.98 Å². The maximum Gasteiger partial charge on any atom is 0.338 e. The Morgan fingerprint density at radius 3 is 2.69 bits per heavy atom. The first kappa shape index (κ1) is 21.6. The Morgan fingerprint density at radius 1 is 1.28 bits per heavy atom. The van der Waals surface area contributed by atoms with Crippen molar-refractivity contribution in [1.82, 2.24) is 19.5 Å². The van der Waals surface area contributed by atoms with Crippen LogP contribution in [0, 0.1) is 0 Å². The lowest BCUT2D eigenvalue weighted by atomic mass is 10.1. The number of anilines is 1. The average Bonchev–Trinajstić information content (AvgIpc) is 3.34. The van der Waals surface area contributed by atoms with Crippen LogP contribution < -0.4 is 10.9 Å². The second kappa shape index (κ2) is 8.86. The highest BCUT2D eigenvalue weighted by atomic mass is 16.6. The van der Waals surface area contributed by atoms with Gasteiger partial charge in [-0.3, -0.25) is 24.5 Å². The van der Waals surface area contributed by atoms with E-state index in [9.17, 15) is 19.5 Å². The van der Waals surface area contributed by atoms with Gasteiger partial charge in [0.15, 0.2) is 23.5 Å². The summed E-state index contributed by atoms with van der Waals surface area (Å²) in [6.07, 6.45) is -2.28. The second-order valence-electron chi connectivity index (χ2n) is 7.10. The number of aromatic nitrogens is 4. The van der Waals surface area contributed by atoms with Crippen molar-refractivity contribution in [1.29, 1.82) is 0 Å². The Kier molecular flexibility index (Phi) is 5.99. The maximum atomic E-state index is 12.6. The monoisotopic (exact) mass is 443 g/mol. The van der Waals surface area contributed by atoms with E-state index in [1.165, 1.54) is 24.9 Å². The van der Waals surface area contributed by atoms with Crippen LogP contribution in [-0.4, -0.2) is 68.5 Å². The van der Waals surface area contributed by atoms with Gasteiger partial charge in [-0.05, 0) is 12.1 Å². The molecule has 3 N–H and O–H groups in total. The fourth-order valence-electron chi connectivity index (χ4n) is 3.58. The SMILES string of the molecule is CO[C@@H]1[C@H](OC(=O)c2ccccc2)[C@@H](CO)O[C@H]1n1cnc2c(=O)[nH]c(NC(C)=O)nc21. The Balaban J connectivity index is 1.68. The fraction of sp³-hybridized carbons (Fsp3) is 0.350. The summed E-state index contributed by atoms with van der Waals surface area (Å²) >= 11 is 0. The highest BCUT2D eigenvalue weighted by Gasteiger charge is 2.48. The van der Waals surface area contributed by atoms with Crippen LogP contribution in [0.1, 0.15) is 23.5 Å². The molecule has 0 aliphatic carbocycles. The second-order valence-corrected chi connectivity index (χ2v) is 7.10. The van der Waals surface area contributed by atoms with Crippen molar-refractivity contribution in [3.8, 4) is 0 Å². The molecule has 12 nitrogen and oxygen atoms in total. The number of amides is 1. The van der Waals surface area contributed by atoms with Crippen molar-refractivity contribution in [3.63, 3.8) is 0 Å². The molecule has 0 saturated carbocycles. The van der Waals surface area contributed by atoms with Crippen LogP contribution in [0.25, 0.3) is 11.2 Å². The molecule has 2 aromatic heterocycles. The summed E-state index contributed by atoms with van der Waals surface area (Å²) in [5.41, 5.74) is -0.0851. The standard InChI is InChI=1S/C20H21N5O7/c1-10(27)22-20-23-16-13(17(28)24-20)21-9-25(16)18-15(30-2)14(12(8-26)31-18)32-19(29)11-6-4-3-5-7-11/h3-7,9,12,14-15,18,26H,8H2,1-2H3,(H2,22,23,24,27,28)/t12-,14-,15-,18-/m1/s1. The lowest BCUT2D eigenvalue weighted by molar-refractivity contribution is -0.114. The maximum absolute atomic E-state index is 12.6. The number of ether oxygens (including phenoxy) is 3. The molecule has 3 heterocycles. The van der Waals surface area contributed by atoms with E-state index in [0.29, 0.717) is 5.56 Å². The lowest BCUT2D eigenvalue weighted by Crippen LogP contribution is -2.39. The van der Waals surface area contributed by atoms with E-state index in [4.69, 9.17) is 14.2 Å². The van der Waals surface area contributed by atoms with Gasteiger partial charge in [-0.25, -0.2) is 9.78 Å². The summed E-state index contributed by atoms with van der Waals surface area (Å²) in [5.74, 6) is -1.08. The number of fused-ring (bicyclic) bond motifs is 1. The summed E-state index contributed by atoms with van der Waals surface area (Å²) in [6, 6.07) is 8.39. The lowest BCUT2D eigenvalue weighted by Gasteiger charge is -2.23. The number of nitrogens with one attached hydrogen (secondary N) is 2. The van der Waals surface area contributed by atoms with E-state index in [-0.39, 0.29) is 17.1 Å². The molecule has 1 aliphatic rings. The average molecular weight is 443 g/mol. The molecule has 4 atom stereocenters. The van der Waals surface area contributed by atoms with Crippen LogP contribution in [0.4, 0.5) is 5.95 Å². The number of imidazole rings is 1. The number of carbonyl (C=O) groups is 2. The molecule has 0 bridgehead atoms. The Hall–Kier alpha value is -3.61. The van der Waals surface area contributed by atoms with Gasteiger partial charge in [0, 0.05) is 14.0 Å². The minimum Gasteiger partial charge on any atom is -0.453 e. The Bertz CT molecular complexity index is 1190. The number of aromatic amines is 1. The van der Waals surface area contributed by atoms with Crippen molar-refractivity contribution < 1.29 is 28.9 Å². The molecule has 4 rings (SSSR count). The number of methoxy groups -OCH3 is 1. The third-order valence-corrected chi connectivity index (χ3v) is 4.99. The molecule has 1 aromatic carbocycles. The zero-order valence-electron chi connectivity index (χ0n) is 17.2. The Morgan fingerprint density at radius 2 is 2.03 bits per heavy atom. The smallest absolute Gasteiger partial charge is 0.338 e. The topological polar surface area (TPSA) is 158 Å². The normalized spacial score (nSPS) is 22.7. The summed E-state index contributed by atoms with van der Waals surface area (Å²) in [4.78, 5) is 47.0. The van der Waals surface area contributed by atoms with Gasteiger partial charge in [0.1, 0.15) is 12.2 Å². The van der Waals surface area contributed by atoms with Gasteiger partial charge >= 0.3 is 5.97 Å². The van der Waals surface area contributed by atoms with E-state index in [1.54, 1.807) is 30.3 Å². The number of esters is 1. The number of benzene rings is 1. The van der Waals surface area contributed by atoms with Gasteiger partial charge in [-0.15, -0.1) is 0 Å². The van der Waals surface area contributed by atoms with Crippen molar-refractivity contribution in [3.05, 3.63) is 52.6 Å². The van der Waals surface area contributed by atoms with E-state index >= 15 is 0 Å². The number of aliphatic hydroxyl groups is 1. The van der Waals surface area contributed by atoms with E-state index < -0.39 is 48.6 Å². The van der Waals surface area contributed by atoms with E-state index in [2.05, 4.69) is 20.3 Å². The fourth-order valence-corrected chi connectivity index (χ4v) is 3.58. The van der Waals surface area contributed by atoms with E-state index in [0.717, 1.165) is 0 Å². The number of hydrogen-bond donors (Lipinski definition) is 3. The zero-order chi connectivity index (χ0) is 22.8. The van der Waals surface area contributed by atoms with Gasteiger partial charge < -0.3 is 19.3 Å². The zero-order valence-corrected chi connectivity index (χ0v) is 17.2.